The van der Waals surface area contributed by atoms with E-state index in [9.17, 15) is 9.59 Å². The van der Waals surface area contributed by atoms with Crippen molar-refractivity contribution >= 4 is 39.3 Å². The SMILES string of the molecule is C=CCn1c(SCc2ccc(C(=O)OC)cc2)nc2sccc2c1=O. The van der Waals surface area contributed by atoms with Gasteiger partial charge in [-0.25, -0.2) is 9.78 Å². The second kappa shape index (κ2) is 7.67. The summed E-state index contributed by atoms with van der Waals surface area (Å²) < 4.78 is 6.33. The van der Waals surface area contributed by atoms with E-state index in [1.54, 1.807) is 28.8 Å². The highest BCUT2D eigenvalue weighted by molar-refractivity contribution is 7.98. The van der Waals surface area contributed by atoms with Crippen molar-refractivity contribution in [3.63, 3.8) is 0 Å². The van der Waals surface area contributed by atoms with Gasteiger partial charge in [-0.15, -0.1) is 17.9 Å². The number of esters is 1. The highest BCUT2D eigenvalue weighted by Gasteiger charge is 2.12. The number of fused-ring (bicyclic) bond motifs is 1. The van der Waals surface area contributed by atoms with Crippen LogP contribution in [0.25, 0.3) is 10.2 Å². The van der Waals surface area contributed by atoms with Gasteiger partial charge in [-0.2, -0.15) is 0 Å². The largest absolute Gasteiger partial charge is 0.465 e. The number of thiophene rings is 1. The van der Waals surface area contributed by atoms with Crippen molar-refractivity contribution in [1.29, 1.82) is 0 Å². The number of hydrogen-bond donors (Lipinski definition) is 0. The van der Waals surface area contributed by atoms with E-state index < -0.39 is 0 Å². The fraction of sp³-hybridized carbons (Fsp3) is 0.167. The predicted octanol–water partition coefficient (Wildman–Crippen LogP) is 3.72. The summed E-state index contributed by atoms with van der Waals surface area (Å²) in [5.41, 5.74) is 1.50. The van der Waals surface area contributed by atoms with Gasteiger partial charge in [0.05, 0.1) is 18.1 Å². The molecule has 25 heavy (non-hydrogen) atoms. The van der Waals surface area contributed by atoms with Crippen molar-refractivity contribution in [2.24, 2.45) is 0 Å². The highest BCUT2D eigenvalue weighted by Crippen LogP contribution is 2.24. The topological polar surface area (TPSA) is 61.2 Å². The number of rotatable bonds is 6. The average Bonchev–Trinajstić information content (AvgIpc) is 3.11. The Kier molecular flexibility index (Phi) is 5.35. The minimum atomic E-state index is -0.358. The van der Waals surface area contributed by atoms with Crippen molar-refractivity contribution in [2.45, 2.75) is 17.5 Å². The Morgan fingerprint density at radius 2 is 2.12 bits per heavy atom. The summed E-state index contributed by atoms with van der Waals surface area (Å²) >= 11 is 2.94. The highest BCUT2D eigenvalue weighted by atomic mass is 32.2. The Morgan fingerprint density at radius 3 is 2.80 bits per heavy atom. The van der Waals surface area contributed by atoms with Gasteiger partial charge in [0.1, 0.15) is 4.83 Å². The van der Waals surface area contributed by atoms with Gasteiger partial charge in [0, 0.05) is 12.3 Å². The van der Waals surface area contributed by atoms with E-state index in [2.05, 4.69) is 11.6 Å². The van der Waals surface area contributed by atoms with Gasteiger partial charge in [0.25, 0.3) is 5.56 Å². The predicted molar refractivity (Wildman–Crippen MR) is 101 cm³/mol. The van der Waals surface area contributed by atoms with Crippen LogP contribution in [-0.4, -0.2) is 22.6 Å². The van der Waals surface area contributed by atoms with Crippen molar-refractivity contribution in [3.8, 4) is 0 Å². The molecular weight excluding hydrogens is 356 g/mol. The number of hydrogen-bond acceptors (Lipinski definition) is 6. The lowest BCUT2D eigenvalue weighted by atomic mass is 10.1. The summed E-state index contributed by atoms with van der Waals surface area (Å²) in [6, 6.07) is 9.01. The molecule has 0 N–H and O–H groups in total. The fourth-order valence-electron chi connectivity index (χ4n) is 2.33. The van der Waals surface area contributed by atoms with Crippen LogP contribution in [0.1, 0.15) is 15.9 Å². The second-order valence-electron chi connectivity index (χ2n) is 5.22. The number of allylic oxidation sites excluding steroid dienone is 1. The first-order chi connectivity index (χ1) is 12.1. The fourth-order valence-corrected chi connectivity index (χ4v) is 4.10. The maximum absolute atomic E-state index is 12.6. The van der Waals surface area contributed by atoms with Crippen LogP contribution in [0.2, 0.25) is 0 Å². The first kappa shape index (κ1) is 17.4. The molecule has 0 aliphatic carbocycles. The molecule has 0 aliphatic rings. The van der Waals surface area contributed by atoms with E-state index in [0.29, 0.717) is 28.4 Å². The maximum atomic E-state index is 12.6. The minimum Gasteiger partial charge on any atom is -0.465 e. The lowest BCUT2D eigenvalue weighted by Crippen LogP contribution is -2.22. The van der Waals surface area contributed by atoms with Crippen molar-refractivity contribution < 1.29 is 9.53 Å². The monoisotopic (exact) mass is 372 g/mol. The molecule has 7 heteroatoms. The summed E-state index contributed by atoms with van der Waals surface area (Å²) in [7, 11) is 1.36. The molecule has 5 nitrogen and oxygen atoms in total. The maximum Gasteiger partial charge on any atom is 0.337 e. The molecule has 0 radical (unpaired) electrons. The van der Waals surface area contributed by atoms with Gasteiger partial charge in [-0.1, -0.05) is 30.0 Å². The molecule has 0 fully saturated rings. The van der Waals surface area contributed by atoms with Crippen LogP contribution >= 0.6 is 23.1 Å². The molecule has 0 bridgehead atoms. The third-order valence-corrected chi connectivity index (χ3v) is 5.46. The lowest BCUT2D eigenvalue weighted by molar-refractivity contribution is 0.0600. The summed E-state index contributed by atoms with van der Waals surface area (Å²) in [5, 5.41) is 3.17. The van der Waals surface area contributed by atoms with Crippen LogP contribution in [0.5, 0.6) is 0 Å². The first-order valence-electron chi connectivity index (χ1n) is 7.53. The van der Waals surface area contributed by atoms with E-state index >= 15 is 0 Å². The lowest BCUT2D eigenvalue weighted by Gasteiger charge is -2.10. The van der Waals surface area contributed by atoms with E-state index in [1.807, 2.05) is 17.5 Å². The number of benzene rings is 1. The third-order valence-electron chi connectivity index (χ3n) is 3.60. The molecule has 0 aliphatic heterocycles. The van der Waals surface area contributed by atoms with Crippen LogP contribution < -0.4 is 5.56 Å². The molecule has 0 atom stereocenters. The number of nitrogens with zero attached hydrogens (tertiary/aromatic N) is 2. The normalized spacial score (nSPS) is 10.8. The van der Waals surface area contributed by atoms with Crippen LogP contribution in [0, 0.1) is 0 Å². The van der Waals surface area contributed by atoms with Gasteiger partial charge in [-0.3, -0.25) is 9.36 Å². The van der Waals surface area contributed by atoms with Crippen LogP contribution in [0.3, 0.4) is 0 Å². The van der Waals surface area contributed by atoms with Gasteiger partial charge < -0.3 is 4.74 Å². The number of methoxy groups -OCH3 is 1. The average molecular weight is 372 g/mol. The zero-order chi connectivity index (χ0) is 17.8. The smallest absolute Gasteiger partial charge is 0.337 e. The van der Waals surface area contributed by atoms with Crippen molar-refractivity contribution in [2.75, 3.05) is 7.11 Å². The van der Waals surface area contributed by atoms with Crippen LogP contribution in [-0.2, 0) is 17.0 Å². The molecule has 0 unspecified atom stereocenters. The molecule has 2 aromatic heterocycles. The number of aromatic nitrogens is 2. The molecule has 3 rings (SSSR count). The van der Waals surface area contributed by atoms with Gasteiger partial charge in [0.2, 0.25) is 0 Å². The Labute approximate surface area is 153 Å². The Morgan fingerprint density at radius 1 is 1.36 bits per heavy atom. The second-order valence-corrected chi connectivity index (χ2v) is 7.05. The molecule has 128 valence electrons. The van der Waals surface area contributed by atoms with Gasteiger partial charge >= 0.3 is 5.97 Å². The molecule has 3 aromatic rings. The van der Waals surface area contributed by atoms with Crippen LogP contribution in [0.4, 0.5) is 0 Å². The summed E-state index contributed by atoms with van der Waals surface area (Å²) in [5.74, 6) is 0.283. The molecule has 0 spiro atoms. The standard InChI is InChI=1S/C18H16N2O3S2/c1-3-9-20-16(21)14-8-10-24-15(14)19-18(20)25-11-12-4-6-13(7-5-12)17(22)23-2/h3-8,10H,1,9,11H2,2H3. The van der Waals surface area contributed by atoms with Crippen LogP contribution in [0.15, 0.2) is 58.3 Å². The van der Waals surface area contributed by atoms with Gasteiger partial charge in [-0.05, 0) is 29.1 Å². The molecule has 0 saturated carbocycles. The molecule has 0 amide bonds. The van der Waals surface area contributed by atoms with E-state index in [-0.39, 0.29) is 11.5 Å². The van der Waals surface area contributed by atoms with E-state index in [0.717, 1.165) is 10.4 Å². The number of thioether (sulfide) groups is 1. The number of carbonyl (C=O) groups excluding carboxylic acids is 1. The van der Waals surface area contributed by atoms with Crippen molar-refractivity contribution in [3.05, 3.63) is 69.8 Å². The molecular formula is C18H16N2O3S2. The Hall–Kier alpha value is -2.38. The minimum absolute atomic E-state index is 0.0466. The Bertz CT molecular complexity index is 974. The third kappa shape index (κ3) is 3.67. The number of carbonyl (C=O) groups is 1. The molecule has 0 saturated heterocycles. The number of ether oxygens (including phenoxy) is 1. The Balaban J connectivity index is 1.85. The molecule has 2 heterocycles. The van der Waals surface area contributed by atoms with E-state index in [4.69, 9.17) is 4.74 Å². The summed E-state index contributed by atoms with van der Waals surface area (Å²) in [6.45, 7) is 4.14. The molecule has 1 aromatic carbocycles. The quantitative estimate of drug-likeness (QED) is 0.286. The zero-order valence-electron chi connectivity index (χ0n) is 13.6. The summed E-state index contributed by atoms with van der Waals surface area (Å²) in [4.78, 5) is 29.4. The zero-order valence-corrected chi connectivity index (χ0v) is 15.2. The van der Waals surface area contributed by atoms with E-state index in [1.165, 1.54) is 30.2 Å². The summed E-state index contributed by atoms with van der Waals surface area (Å²) in [6.07, 6.45) is 1.69. The van der Waals surface area contributed by atoms with Crippen molar-refractivity contribution in [1.82, 2.24) is 9.55 Å². The first-order valence-corrected chi connectivity index (χ1v) is 9.39. The van der Waals surface area contributed by atoms with Gasteiger partial charge in [0.15, 0.2) is 5.16 Å².